The number of hydrogen-bond acceptors (Lipinski definition) is 7. The number of fused-ring (bicyclic) bond motifs is 2. The molecule has 0 aliphatic rings. The van der Waals surface area contributed by atoms with Gasteiger partial charge in [0.1, 0.15) is 5.58 Å². The molecule has 0 spiro atoms. The number of aliphatic hydroxyl groups is 2. The van der Waals surface area contributed by atoms with E-state index in [0.717, 1.165) is 18.2 Å². The zero-order valence-corrected chi connectivity index (χ0v) is 14.9. The van der Waals surface area contributed by atoms with E-state index in [0.29, 0.717) is 24.1 Å². The van der Waals surface area contributed by atoms with Crippen LogP contribution in [0.5, 0.6) is 0 Å². The molecule has 0 aliphatic carbocycles. The lowest BCUT2D eigenvalue weighted by atomic mass is 10.1. The van der Waals surface area contributed by atoms with Gasteiger partial charge >= 0.3 is 5.97 Å². The van der Waals surface area contributed by atoms with E-state index < -0.39 is 5.97 Å². The molecular formula is C19H22N2O6. The Kier molecular flexibility index (Phi) is 7.42. The molecule has 0 aliphatic heterocycles. The number of nitrogens with zero attached hydrogens (tertiary/aromatic N) is 1. The molecule has 144 valence electrons. The number of rotatable bonds is 6. The van der Waals surface area contributed by atoms with Gasteiger partial charge in [-0.3, -0.25) is 4.79 Å². The fraction of sp³-hybridized carbons (Fsp3) is 0.316. The summed E-state index contributed by atoms with van der Waals surface area (Å²) in [6, 6.07) is 6.71. The normalized spacial score (nSPS) is 10.6. The summed E-state index contributed by atoms with van der Waals surface area (Å²) >= 11 is 0. The second-order valence-corrected chi connectivity index (χ2v) is 5.69. The molecule has 0 bridgehead atoms. The Morgan fingerprint density at radius 1 is 1.15 bits per heavy atom. The minimum atomic E-state index is -1.11. The highest BCUT2D eigenvalue weighted by Gasteiger charge is 2.12. The average Bonchev–Trinajstić information content (AvgIpc) is 2.68. The third-order valence-corrected chi connectivity index (χ3v) is 3.81. The minimum absolute atomic E-state index is 0.00909. The molecule has 2 aromatic heterocycles. The maximum absolute atomic E-state index is 12.4. The van der Waals surface area contributed by atoms with E-state index in [4.69, 9.17) is 19.7 Å². The number of nitrogens with one attached hydrogen (secondary N) is 1. The maximum Gasteiger partial charge on any atom is 0.337 e. The molecule has 0 amide bonds. The molecule has 3 rings (SSSR count). The van der Waals surface area contributed by atoms with Crippen molar-refractivity contribution in [3.63, 3.8) is 0 Å². The Bertz CT molecular complexity index is 979. The molecule has 8 heteroatoms. The van der Waals surface area contributed by atoms with Gasteiger partial charge in [-0.2, -0.15) is 0 Å². The fourth-order valence-electron chi connectivity index (χ4n) is 2.40. The smallest absolute Gasteiger partial charge is 0.337 e. The third kappa shape index (κ3) is 5.10. The second-order valence-electron chi connectivity index (χ2n) is 5.69. The number of benzene rings is 1. The van der Waals surface area contributed by atoms with Crippen LogP contribution in [0.25, 0.3) is 22.1 Å². The minimum Gasteiger partial charge on any atom is -0.478 e. The summed E-state index contributed by atoms with van der Waals surface area (Å²) in [7, 11) is 0. The van der Waals surface area contributed by atoms with Gasteiger partial charge < -0.3 is 25.1 Å². The third-order valence-electron chi connectivity index (χ3n) is 3.81. The van der Waals surface area contributed by atoms with Gasteiger partial charge in [-0.05, 0) is 30.2 Å². The summed E-state index contributed by atoms with van der Waals surface area (Å²) in [4.78, 5) is 27.2. The first kappa shape index (κ1) is 20.5. The molecular weight excluding hydrogens is 352 g/mol. The molecule has 0 unspecified atom stereocenters. The number of carbonyl (C=O) groups is 1. The molecule has 27 heavy (non-hydrogen) atoms. The first-order chi connectivity index (χ1) is 13.0. The summed E-state index contributed by atoms with van der Waals surface area (Å²) < 4.78 is 5.59. The highest BCUT2D eigenvalue weighted by molar-refractivity contribution is 5.93. The quantitative estimate of drug-likeness (QED) is 0.373. The zero-order valence-electron chi connectivity index (χ0n) is 14.9. The highest BCUT2D eigenvalue weighted by Crippen LogP contribution is 2.19. The Balaban J connectivity index is 0.000000321. The van der Waals surface area contributed by atoms with Crippen molar-refractivity contribution in [2.75, 3.05) is 26.3 Å². The van der Waals surface area contributed by atoms with Gasteiger partial charge in [0.15, 0.2) is 11.1 Å². The molecule has 0 fully saturated rings. The van der Waals surface area contributed by atoms with Gasteiger partial charge in [0.25, 0.3) is 0 Å². The summed E-state index contributed by atoms with van der Waals surface area (Å²) in [6.45, 7) is 3.42. The highest BCUT2D eigenvalue weighted by atomic mass is 16.4. The van der Waals surface area contributed by atoms with Crippen LogP contribution in [-0.4, -0.2) is 52.6 Å². The van der Waals surface area contributed by atoms with Crippen LogP contribution < -0.4 is 10.7 Å². The Hall–Kier alpha value is -2.81. The lowest BCUT2D eigenvalue weighted by Crippen LogP contribution is -2.21. The number of aliphatic hydroxyl groups excluding tert-OH is 2. The van der Waals surface area contributed by atoms with E-state index in [1.54, 1.807) is 12.1 Å². The fourth-order valence-corrected chi connectivity index (χ4v) is 2.40. The predicted octanol–water partition coefficient (Wildman–Crippen LogP) is 1.16. The Labute approximate surface area is 155 Å². The average molecular weight is 374 g/mol. The summed E-state index contributed by atoms with van der Waals surface area (Å²) in [5.41, 5.74) is 1.55. The maximum atomic E-state index is 12.4. The Morgan fingerprint density at radius 3 is 2.44 bits per heavy atom. The van der Waals surface area contributed by atoms with E-state index in [9.17, 15) is 9.59 Å². The van der Waals surface area contributed by atoms with Crippen LogP contribution >= 0.6 is 0 Å². The van der Waals surface area contributed by atoms with E-state index in [2.05, 4.69) is 10.3 Å². The molecule has 8 nitrogen and oxygen atoms in total. The van der Waals surface area contributed by atoms with Crippen LogP contribution in [0.15, 0.2) is 39.7 Å². The largest absolute Gasteiger partial charge is 0.478 e. The van der Waals surface area contributed by atoms with Crippen LogP contribution in [0.4, 0.5) is 0 Å². The van der Waals surface area contributed by atoms with E-state index in [1.807, 2.05) is 13.0 Å². The first-order valence-electron chi connectivity index (χ1n) is 8.53. The second kappa shape index (κ2) is 9.77. The molecule has 0 radical (unpaired) electrons. The van der Waals surface area contributed by atoms with E-state index in [1.165, 1.54) is 6.07 Å². The van der Waals surface area contributed by atoms with Crippen molar-refractivity contribution in [3.8, 4) is 0 Å². The van der Waals surface area contributed by atoms with Gasteiger partial charge in [0, 0.05) is 19.3 Å². The molecule has 0 saturated carbocycles. The van der Waals surface area contributed by atoms with Crippen molar-refractivity contribution in [2.24, 2.45) is 0 Å². The molecule has 2 heterocycles. The molecule has 0 saturated heterocycles. The molecule has 4 N–H and O–H groups in total. The van der Waals surface area contributed by atoms with Gasteiger partial charge in [-0.25, -0.2) is 9.78 Å². The lowest BCUT2D eigenvalue weighted by molar-refractivity contribution is 0.0696. The van der Waals surface area contributed by atoms with E-state index >= 15 is 0 Å². The van der Waals surface area contributed by atoms with Gasteiger partial charge in [-0.15, -0.1) is 0 Å². The van der Waals surface area contributed by atoms with Crippen molar-refractivity contribution < 1.29 is 24.5 Å². The van der Waals surface area contributed by atoms with Gasteiger partial charge in [-0.1, -0.05) is 13.0 Å². The standard InChI is InChI=1S/C15H11NO4.C4H11NO2/c1-2-8-3-4-11-10(5-8)14(17)13-12(20-11)6-9(7-16-13)15(18)19;6-3-1-5-2-4-7/h3-7H,2H2,1H3,(H,18,19);5-7H,1-4H2. The van der Waals surface area contributed by atoms with Crippen molar-refractivity contribution in [1.29, 1.82) is 0 Å². The van der Waals surface area contributed by atoms with E-state index in [-0.39, 0.29) is 35.3 Å². The lowest BCUT2D eigenvalue weighted by Gasteiger charge is -2.03. The number of carboxylic acids is 1. The Morgan fingerprint density at radius 2 is 1.85 bits per heavy atom. The number of hydrogen-bond donors (Lipinski definition) is 4. The van der Waals surface area contributed by atoms with Crippen molar-refractivity contribution in [1.82, 2.24) is 10.3 Å². The number of carboxylic acid groups (broad SMARTS) is 1. The number of aryl methyl sites for hydroxylation is 1. The van der Waals surface area contributed by atoms with Crippen LogP contribution in [0.1, 0.15) is 22.8 Å². The topological polar surface area (TPSA) is 133 Å². The summed E-state index contributed by atoms with van der Waals surface area (Å²) in [6.07, 6.45) is 1.98. The van der Waals surface area contributed by atoms with Crippen molar-refractivity contribution in [2.45, 2.75) is 13.3 Å². The van der Waals surface area contributed by atoms with Crippen molar-refractivity contribution >= 4 is 28.0 Å². The predicted molar refractivity (Wildman–Crippen MR) is 101 cm³/mol. The van der Waals surface area contributed by atoms with Crippen LogP contribution in [0.2, 0.25) is 0 Å². The number of aromatic carboxylic acids is 1. The number of pyridine rings is 1. The SMILES string of the molecule is CCc1ccc2oc3cc(C(=O)O)cnc3c(=O)c2c1.OCCNCCO. The monoisotopic (exact) mass is 374 g/mol. The molecule has 0 atom stereocenters. The zero-order chi connectivity index (χ0) is 19.8. The van der Waals surface area contributed by atoms with Crippen LogP contribution in [-0.2, 0) is 6.42 Å². The van der Waals surface area contributed by atoms with Gasteiger partial charge in [0.2, 0.25) is 5.43 Å². The summed E-state index contributed by atoms with van der Waals surface area (Å²) in [5, 5.41) is 28.5. The van der Waals surface area contributed by atoms with Crippen molar-refractivity contribution in [3.05, 3.63) is 51.8 Å². The van der Waals surface area contributed by atoms with Crippen LogP contribution in [0, 0.1) is 0 Å². The first-order valence-corrected chi connectivity index (χ1v) is 8.53. The molecule has 3 aromatic rings. The summed E-state index contributed by atoms with van der Waals surface area (Å²) in [5.74, 6) is -1.11. The molecule has 1 aromatic carbocycles. The van der Waals surface area contributed by atoms with Crippen LogP contribution in [0.3, 0.4) is 0 Å². The van der Waals surface area contributed by atoms with Gasteiger partial charge in [0.05, 0.1) is 24.2 Å². The number of aromatic nitrogens is 1.